The number of alkyl halides is 3. The van der Waals surface area contributed by atoms with E-state index in [0.717, 1.165) is 0 Å². The Morgan fingerprint density at radius 2 is 2.18 bits per heavy atom. The van der Waals surface area contributed by atoms with Crippen molar-refractivity contribution in [2.75, 3.05) is 18.9 Å². The summed E-state index contributed by atoms with van der Waals surface area (Å²) in [4.78, 5) is 3.81. The average molecular weight is 250 g/mol. The highest BCUT2D eigenvalue weighted by Crippen LogP contribution is 2.19. The standard InChI is InChI=1S/C9H13F3N4O/c10-9(11,12)5-17-4-7(16-14)6-2-1-3-15-8(6)13/h1-3,7,16H,4-5,14H2,(H2,13,15). The summed E-state index contributed by atoms with van der Waals surface area (Å²) in [6.45, 7) is -1.57. The lowest BCUT2D eigenvalue weighted by molar-refractivity contribution is -0.175. The molecule has 0 amide bonds. The van der Waals surface area contributed by atoms with E-state index in [-0.39, 0.29) is 12.4 Å². The summed E-state index contributed by atoms with van der Waals surface area (Å²) in [6, 6.07) is 2.59. The molecule has 1 rings (SSSR count). The Balaban J connectivity index is 2.58. The van der Waals surface area contributed by atoms with Crippen molar-refractivity contribution >= 4 is 5.82 Å². The summed E-state index contributed by atoms with van der Waals surface area (Å²) in [6.07, 6.45) is -2.89. The highest BCUT2D eigenvalue weighted by Gasteiger charge is 2.28. The van der Waals surface area contributed by atoms with Crippen LogP contribution in [0.4, 0.5) is 19.0 Å². The van der Waals surface area contributed by atoms with Gasteiger partial charge in [-0.2, -0.15) is 13.2 Å². The number of ether oxygens (including phenoxy) is 1. The first-order valence-electron chi connectivity index (χ1n) is 4.75. The van der Waals surface area contributed by atoms with Gasteiger partial charge in [-0.15, -0.1) is 0 Å². The van der Waals surface area contributed by atoms with Crippen LogP contribution in [0, 0.1) is 0 Å². The van der Waals surface area contributed by atoms with Crippen LogP contribution in [0.1, 0.15) is 11.6 Å². The van der Waals surface area contributed by atoms with Gasteiger partial charge in [-0.05, 0) is 6.07 Å². The summed E-state index contributed by atoms with van der Waals surface area (Å²) in [5.74, 6) is 5.43. The fourth-order valence-electron chi connectivity index (χ4n) is 1.24. The van der Waals surface area contributed by atoms with Crippen LogP contribution >= 0.6 is 0 Å². The zero-order valence-electron chi connectivity index (χ0n) is 8.87. The van der Waals surface area contributed by atoms with Crippen molar-refractivity contribution in [3.05, 3.63) is 23.9 Å². The molecule has 8 heteroatoms. The van der Waals surface area contributed by atoms with Crippen LogP contribution in [0.25, 0.3) is 0 Å². The van der Waals surface area contributed by atoms with Gasteiger partial charge in [-0.3, -0.25) is 11.3 Å². The SMILES string of the molecule is NNC(COCC(F)(F)F)c1cccnc1N. The summed E-state index contributed by atoms with van der Waals surface area (Å²) in [5.41, 5.74) is 8.40. The third-order valence-electron chi connectivity index (χ3n) is 2.00. The van der Waals surface area contributed by atoms with Crippen molar-refractivity contribution in [2.24, 2.45) is 5.84 Å². The van der Waals surface area contributed by atoms with Gasteiger partial charge in [0.05, 0.1) is 12.6 Å². The van der Waals surface area contributed by atoms with E-state index in [0.29, 0.717) is 5.56 Å². The van der Waals surface area contributed by atoms with Gasteiger partial charge in [0.25, 0.3) is 0 Å². The van der Waals surface area contributed by atoms with Crippen LogP contribution < -0.4 is 17.0 Å². The van der Waals surface area contributed by atoms with Crippen LogP contribution in [-0.2, 0) is 4.74 Å². The first-order valence-corrected chi connectivity index (χ1v) is 4.75. The minimum absolute atomic E-state index is 0.200. The quantitative estimate of drug-likeness (QED) is 0.530. The Bertz CT molecular complexity index is 358. The minimum atomic E-state index is -4.36. The predicted octanol–water partition coefficient (Wildman–Crippen LogP) is 0.747. The highest BCUT2D eigenvalue weighted by molar-refractivity contribution is 5.40. The molecule has 5 nitrogen and oxygen atoms in total. The van der Waals surface area contributed by atoms with Crippen LogP contribution in [-0.4, -0.2) is 24.4 Å². The van der Waals surface area contributed by atoms with Crippen LogP contribution in [0.5, 0.6) is 0 Å². The van der Waals surface area contributed by atoms with Crippen LogP contribution in [0.2, 0.25) is 0 Å². The normalized spacial score (nSPS) is 13.6. The number of rotatable bonds is 5. The zero-order chi connectivity index (χ0) is 12.9. The molecule has 1 heterocycles. The van der Waals surface area contributed by atoms with Gasteiger partial charge >= 0.3 is 6.18 Å². The molecule has 0 spiro atoms. The molecule has 1 aromatic rings. The number of nitrogen functional groups attached to an aromatic ring is 1. The fraction of sp³-hybridized carbons (Fsp3) is 0.444. The number of aromatic nitrogens is 1. The van der Waals surface area contributed by atoms with E-state index in [1.54, 1.807) is 12.1 Å². The first-order chi connectivity index (χ1) is 7.94. The summed E-state index contributed by atoms with van der Waals surface area (Å²) < 4.78 is 40.1. The maximum absolute atomic E-state index is 11.9. The molecule has 0 aliphatic rings. The summed E-state index contributed by atoms with van der Waals surface area (Å²) in [7, 11) is 0. The molecule has 5 N–H and O–H groups in total. The fourth-order valence-corrected chi connectivity index (χ4v) is 1.24. The predicted molar refractivity (Wildman–Crippen MR) is 55.6 cm³/mol. The number of nitrogens with zero attached hydrogens (tertiary/aromatic N) is 1. The molecule has 0 aliphatic heterocycles. The minimum Gasteiger partial charge on any atom is -0.383 e. The molecule has 0 saturated carbocycles. The Labute approximate surface area is 95.9 Å². The molecule has 0 fully saturated rings. The molecule has 0 bridgehead atoms. The van der Waals surface area contributed by atoms with Crippen LogP contribution in [0.15, 0.2) is 18.3 Å². The molecule has 0 aliphatic carbocycles. The number of pyridine rings is 1. The number of nitrogens with two attached hydrogens (primary N) is 2. The average Bonchev–Trinajstić information content (AvgIpc) is 2.24. The summed E-state index contributed by atoms with van der Waals surface area (Å²) in [5, 5.41) is 0. The zero-order valence-corrected chi connectivity index (χ0v) is 8.87. The molecule has 1 unspecified atom stereocenters. The second-order valence-corrected chi connectivity index (χ2v) is 3.33. The van der Waals surface area contributed by atoms with Gasteiger partial charge in [0.2, 0.25) is 0 Å². The number of hydrogen-bond acceptors (Lipinski definition) is 5. The van der Waals surface area contributed by atoms with E-state index in [4.69, 9.17) is 11.6 Å². The third kappa shape index (κ3) is 4.55. The van der Waals surface area contributed by atoms with Crippen molar-refractivity contribution in [1.82, 2.24) is 10.4 Å². The van der Waals surface area contributed by atoms with Gasteiger partial charge in [0.15, 0.2) is 0 Å². The Morgan fingerprint density at radius 3 is 2.71 bits per heavy atom. The van der Waals surface area contributed by atoms with Gasteiger partial charge in [0, 0.05) is 11.8 Å². The van der Waals surface area contributed by atoms with E-state index in [1.807, 2.05) is 0 Å². The number of hydrogen-bond donors (Lipinski definition) is 3. The topological polar surface area (TPSA) is 86.2 Å². The molecule has 0 radical (unpaired) electrons. The Morgan fingerprint density at radius 1 is 1.47 bits per heavy atom. The highest BCUT2D eigenvalue weighted by atomic mass is 19.4. The van der Waals surface area contributed by atoms with Crippen LogP contribution in [0.3, 0.4) is 0 Å². The van der Waals surface area contributed by atoms with Crippen molar-refractivity contribution in [1.29, 1.82) is 0 Å². The lowest BCUT2D eigenvalue weighted by Crippen LogP contribution is -2.33. The van der Waals surface area contributed by atoms with Gasteiger partial charge in [0.1, 0.15) is 12.4 Å². The number of hydrazine groups is 1. The van der Waals surface area contributed by atoms with E-state index in [2.05, 4.69) is 15.1 Å². The van der Waals surface area contributed by atoms with Crippen molar-refractivity contribution < 1.29 is 17.9 Å². The van der Waals surface area contributed by atoms with E-state index >= 15 is 0 Å². The van der Waals surface area contributed by atoms with E-state index in [9.17, 15) is 13.2 Å². The second kappa shape index (κ2) is 5.80. The summed E-state index contributed by atoms with van der Waals surface area (Å²) >= 11 is 0. The third-order valence-corrected chi connectivity index (χ3v) is 2.00. The molecule has 1 aromatic heterocycles. The van der Waals surface area contributed by atoms with Gasteiger partial charge < -0.3 is 10.5 Å². The number of halogens is 3. The first kappa shape index (κ1) is 13.7. The molecular weight excluding hydrogens is 237 g/mol. The molecule has 17 heavy (non-hydrogen) atoms. The smallest absolute Gasteiger partial charge is 0.383 e. The van der Waals surface area contributed by atoms with Crippen molar-refractivity contribution in [3.63, 3.8) is 0 Å². The number of anilines is 1. The Kier molecular flexibility index (Phi) is 4.67. The van der Waals surface area contributed by atoms with E-state index in [1.165, 1.54) is 6.20 Å². The monoisotopic (exact) mass is 250 g/mol. The van der Waals surface area contributed by atoms with Crippen molar-refractivity contribution in [2.45, 2.75) is 12.2 Å². The van der Waals surface area contributed by atoms with Gasteiger partial charge in [-0.1, -0.05) is 6.07 Å². The lowest BCUT2D eigenvalue weighted by Gasteiger charge is -2.18. The van der Waals surface area contributed by atoms with Crippen molar-refractivity contribution in [3.8, 4) is 0 Å². The molecule has 0 saturated heterocycles. The molecule has 0 aromatic carbocycles. The Hall–Kier alpha value is -1.38. The maximum atomic E-state index is 11.9. The molecule has 1 atom stereocenters. The van der Waals surface area contributed by atoms with E-state index < -0.39 is 18.8 Å². The second-order valence-electron chi connectivity index (χ2n) is 3.33. The molecular formula is C9H13F3N4O. The number of nitrogens with one attached hydrogen (secondary N) is 1. The van der Waals surface area contributed by atoms with Gasteiger partial charge in [-0.25, -0.2) is 4.98 Å². The molecule has 96 valence electrons. The lowest BCUT2D eigenvalue weighted by atomic mass is 10.1. The maximum Gasteiger partial charge on any atom is 0.411 e. The largest absolute Gasteiger partial charge is 0.411 e.